The lowest BCUT2D eigenvalue weighted by Crippen LogP contribution is -2.49. The van der Waals surface area contributed by atoms with Gasteiger partial charge < -0.3 is 20.4 Å². The number of hydrogen-bond acceptors (Lipinski definition) is 10. The smallest absolute Gasteiger partial charge is 0.329 e. The SMILES string of the molecule is C#Cc1cc(-c2ccc3c(ccc4sc5c(c43)NC[C@@H](C)NC5=O)n2)cc(N2CCN(CC3CCN(c4ccc5c(c4)n(C)c(=O)n5C4CCC(=O)NC4=O)CC3)CC2)c1. The van der Waals surface area contributed by atoms with Gasteiger partial charge in [0.1, 0.15) is 10.9 Å². The molecule has 13 nitrogen and oxygen atoms in total. The van der Waals surface area contributed by atoms with E-state index in [0.717, 1.165) is 119 Å². The van der Waals surface area contributed by atoms with Crippen LogP contribution in [0, 0.1) is 18.3 Å². The van der Waals surface area contributed by atoms with E-state index in [1.807, 2.05) is 25.1 Å². The number of nitrogens with zero attached hydrogens (tertiary/aromatic N) is 6. The fraction of sp³-hybridized carbons (Fsp3) is 0.370. The minimum atomic E-state index is -0.689. The molecule has 4 aliphatic heterocycles. The van der Waals surface area contributed by atoms with Crippen molar-refractivity contribution >= 4 is 78.1 Å². The summed E-state index contributed by atoms with van der Waals surface area (Å²) in [4.78, 5) is 63.9. The largest absolute Gasteiger partial charge is 0.381 e. The maximum atomic E-state index is 13.3. The molecule has 3 saturated heterocycles. The number of thiophene rings is 1. The fourth-order valence-corrected chi connectivity index (χ4v) is 10.7. The summed E-state index contributed by atoms with van der Waals surface area (Å²) in [5.74, 6) is 2.73. The first kappa shape index (κ1) is 38.1. The zero-order valence-corrected chi connectivity index (χ0v) is 34.6. The average Bonchev–Trinajstić information content (AvgIpc) is 3.71. The number of benzene rings is 3. The van der Waals surface area contributed by atoms with Gasteiger partial charge in [-0.3, -0.25) is 33.7 Å². The summed E-state index contributed by atoms with van der Waals surface area (Å²) in [5, 5.41) is 11.0. The summed E-state index contributed by atoms with van der Waals surface area (Å²) in [5.41, 5.74) is 7.88. The van der Waals surface area contributed by atoms with E-state index in [1.54, 1.807) is 11.6 Å². The number of pyridine rings is 1. The standard InChI is InChI=1S/C46H47N9O4S/c1-4-28-21-30(34-7-6-33-35(49-34)8-11-39-41(33)42-43(60-39)45(58)48-27(2)25-47-42)23-32(22-28)54-19-17-52(18-20-54)26-29-13-15-53(16-14-29)31-5-9-36-38(24-31)51(3)46(59)55(36)37-10-12-40(56)50-44(37)57/h1,5-9,11,21-24,27,29,37,47H,10,12-20,25-26H2,2-3H3,(H,48,58)(H,50,56,57)/t27-,37?/m1/s1. The number of aromatic nitrogens is 3. The van der Waals surface area contributed by atoms with Crippen molar-refractivity contribution in [3.63, 3.8) is 0 Å². The van der Waals surface area contributed by atoms with Crippen LogP contribution < -0.4 is 31.4 Å². The molecule has 10 rings (SSSR count). The van der Waals surface area contributed by atoms with E-state index in [-0.39, 0.29) is 30.0 Å². The monoisotopic (exact) mass is 821 g/mol. The van der Waals surface area contributed by atoms with Gasteiger partial charge in [0.05, 0.1) is 27.9 Å². The first-order valence-electron chi connectivity index (χ1n) is 20.9. The number of carbonyl (C=O) groups excluding carboxylic acids is 3. The Morgan fingerprint density at radius 1 is 0.867 bits per heavy atom. The van der Waals surface area contributed by atoms with Crippen molar-refractivity contribution < 1.29 is 14.4 Å². The number of amides is 3. The number of piperazine rings is 1. The van der Waals surface area contributed by atoms with Crippen LogP contribution in [0.4, 0.5) is 17.1 Å². The predicted octanol–water partition coefficient (Wildman–Crippen LogP) is 5.31. The van der Waals surface area contributed by atoms with Gasteiger partial charge in [0, 0.05) is 110 Å². The molecule has 0 radical (unpaired) electrons. The first-order chi connectivity index (χ1) is 29.1. The Bertz CT molecular complexity index is 2840. The maximum Gasteiger partial charge on any atom is 0.329 e. The van der Waals surface area contributed by atoms with E-state index in [2.05, 4.69) is 79.0 Å². The van der Waals surface area contributed by atoms with Gasteiger partial charge in [-0.2, -0.15) is 0 Å². The number of hydrogen-bond donors (Lipinski definition) is 3. The Morgan fingerprint density at radius 2 is 1.67 bits per heavy atom. The van der Waals surface area contributed by atoms with Crippen LogP contribution in [0.5, 0.6) is 0 Å². The normalized spacial score (nSPS) is 20.5. The quantitative estimate of drug-likeness (QED) is 0.151. The number of imidazole rings is 1. The van der Waals surface area contributed by atoms with Crippen LogP contribution in [0.25, 0.3) is 43.3 Å². The van der Waals surface area contributed by atoms with E-state index in [1.165, 1.54) is 15.9 Å². The molecule has 1 unspecified atom stereocenters. The van der Waals surface area contributed by atoms with Crippen molar-refractivity contribution in [3.05, 3.63) is 81.6 Å². The van der Waals surface area contributed by atoms with Gasteiger partial charge in [-0.05, 0) is 92.8 Å². The number of aryl methyl sites for hydroxylation is 1. The summed E-state index contributed by atoms with van der Waals surface area (Å²) < 4.78 is 4.20. The van der Waals surface area contributed by atoms with Crippen LogP contribution >= 0.6 is 11.3 Å². The highest BCUT2D eigenvalue weighted by Crippen LogP contribution is 2.41. The Hall–Kier alpha value is -6.17. The Morgan fingerprint density at radius 3 is 2.45 bits per heavy atom. The van der Waals surface area contributed by atoms with E-state index in [4.69, 9.17) is 11.4 Å². The van der Waals surface area contributed by atoms with Gasteiger partial charge in [-0.1, -0.05) is 5.92 Å². The summed E-state index contributed by atoms with van der Waals surface area (Å²) in [6, 6.07) is 20.1. The molecule has 14 heteroatoms. The molecular weight excluding hydrogens is 775 g/mol. The lowest BCUT2D eigenvalue weighted by molar-refractivity contribution is -0.135. The average molecular weight is 822 g/mol. The summed E-state index contributed by atoms with van der Waals surface area (Å²) in [7, 11) is 1.74. The minimum Gasteiger partial charge on any atom is -0.381 e. The lowest BCUT2D eigenvalue weighted by Gasteiger charge is -2.40. The molecular formula is C46H47N9O4S. The number of piperidine rings is 2. The molecule has 60 heavy (non-hydrogen) atoms. The van der Waals surface area contributed by atoms with Gasteiger partial charge in [-0.25, -0.2) is 9.78 Å². The number of fused-ring (bicyclic) bond motifs is 6. The number of imide groups is 1. The van der Waals surface area contributed by atoms with Crippen LogP contribution in [0.1, 0.15) is 53.9 Å². The molecule has 3 aromatic carbocycles. The number of terminal acetylenes is 1. The summed E-state index contributed by atoms with van der Waals surface area (Å²) in [6.45, 7) is 9.40. The van der Waals surface area contributed by atoms with Crippen molar-refractivity contribution in [1.82, 2.24) is 29.7 Å². The molecule has 3 amide bonds. The number of carbonyl (C=O) groups is 3. The van der Waals surface area contributed by atoms with Crippen LogP contribution in [0.15, 0.2) is 65.5 Å². The fourth-order valence-electron chi connectivity index (χ4n) is 9.62. The van der Waals surface area contributed by atoms with Gasteiger partial charge in [0.15, 0.2) is 0 Å². The third-order valence-corrected chi connectivity index (χ3v) is 14.1. The molecule has 0 spiro atoms. The Kier molecular flexibility index (Phi) is 9.60. The topological polar surface area (TPSA) is 137 Å². The second-order valence-corrected chi connectivity index (χ2v) is 17.8. The summed E-state index contributed by atoms with van der Waals surface area (Å²) >= 11 is 1.52. The van der Waals surface area contributed by atoms with Crippen LogP contribution in [0.3, 0.4) is 0 Å². The van der Waals surface area contributed by atoms with Gasteiger partial charge in [-0.15, -0.1) is 17.8 Å². The highest BCUT2D eigenvalue weighted by molar-refractivity contribution is 7.21. The molecule has 306 valence electrons. The third kappa shape index (κ3) is 6.75. The van der Waals surface area contributed by atoms with Crippen molar-refractivity contribution in [2.45, 2.75) is 44.7 Å². The van der Waals surface area contributed by atoms with Crippen molar-refractivity contribution in [2.24, 2.45) is 13.0 Å². The Balaban J connectivity index is 0.786. The van der Waals surface area contributed by atoms with Crippen molar-refractivity contribution in [1.29, 1.82) is 0 Å². The molecule has 3 fully saturated rings. The van der Waals surface area contributed by atoms with Gasteiger partial charge in [0.25, 0.3) is 5.91 Å². The van der Waals surface area contributed by atoms with Gasteiger partial charge >= 0.3 is 5.69 Å². The summed E-state index contributed by atoms with van der Waals surface area (Å²) in [6.07, 6.45) is 8.73. The van der Waals surface area contributed by atoms with Crippen molar-refractivity contribution in [2.75, 3.05) is 67.5 Å². The van der Waals surface area contributed by atoms with E-state index in [9.17, 15) is 19.2 Å². The molecule has 7 heterocycles. The van der Waals surface area contributed by atoms with Crippen LogP contribution in [-0.2, 0) is 16.6 Å². The van der Waals surface area contributed by atoms with Crippen molar-refractivity contribution in [3.8, 4) is 23.6 Å². The first-order valence-corrected chi connectivity index (χ1v) is 21.7. The minimum absolute atomic E-state index is 0.0350. The molecule has 0 bridgehead atoms. The lowest BCUT2D eigenvalue weighted by atomic mass is 9.95. The molecule has 0 aliphatic carbocycles. The molecule has 2 atom stereocenters. The van der Waals surface area contributed by atoms with Crippen LogP contribution in [-0.4, -0.2) is 95.1 Å². The Labute approximate surface area is 351 Å². The molecule has 4 aliphatic rings. The zero-order valence-electron chi connectivity index (χ0n) is 33.8. The zero-order chi connectivity index (χ0) is 41.2. The second kappa shape index (κ2) is 15.1. The third-order valence-electron chi connectivity index (χ3n) is 12.9. The molecule has 3 aromatic heterocycles. The number of nitrogens with one attached hydrogen (secondary N) is 3. The van der Waals surface area contributed by atoms with E-state index in [0.29, 0.717) is 29.3 Å². The molecule has 6 aromatic rings. The molecule has 3 N–H and O–H groups in total. The number of anilines is 3. The maximum absolute atomic E-state index is 13.3. The molecule has 0 saturated carbocycles. The van der Waals surface area contributed by atoms with Gasteiger partial charge in [0.2, 0.25) is 11.8 Å². The highest BCUT2D eigenvalue weighted by Gasteiger charge is 2.32. The number of rotatable bonds is 6. The van der Waals surface area contributed by atoms with Crippen LogP contribution in [0.2, 0.25) is 0 Å². The highest BCUT2D eigenvalue weighted by atomic mass is 32.1. The second-order valence-electron chi connectivity index (χ2n) is 16.7. The van der Waals surface area contributed by atoms with E-state index >= 15 is 0 Å². The van der Waals surface area contributed by atoms with E-state index < -0.39 is 11.9 Å². The predicted molar refractivity (Wildman–Crippen MR) is 238 cm³/mol.